The van der Waals surface area contributed by atoms with Crippen LogP contribution in [-0.2, 0) is 9.59 Å². The van der Waals surface area contributed by atoms with Gasteiger partial charge in [0, 0.05) is 22.6 Å². The summed E-state index contributed by atoms with van der Waals surface area (Å²) in [5.74, 6) is -0.236. The van der Waals surface area contributed by atoms with Gasteiger partial charge in [-0.3, -0.25) is 14.5 Å². The Hall–Kier alpha value is -3.57. The molecule has 4 aromatic rings. The number of nitrogens with zero attached hydrogens (tertiary/aromatic N) is 5. The minimum absolute atomic E-state index is 0.0323. The molecule has 0 bridgehead atoms. The first-order valence-electron chi connectivity index (χ1n) is 12.1. The monoisotopic (exact) mass is 591 g/mol. The van der Waals surface area contributed by atoms with E-state index in [1.807, 2.05) is 42.6 Å². The number of nitrogens with one attached hydrogen (secondary N) is 1. The fourth-order valence-corrected chi connectivity index (χ4v) is 8.41. The summed E-state index contributed by atoms with van der Waals surface area (Å²) in [5, 5.41) is 24.6. The summed E-state index contributed by atoms with van der Waals surface area (Å²) in [6.45, 7) is 1.98. The second-order valence-electron chi connectivity index (χ2n) is 8.96. The molecule has 1 aromatic carbocycles. The highest BCUT2D eigenvalue weighted by molar-refractivity contribution is 8.01. The number of hydrogen-bond acceptors (Lipinski definition) is 12. The Bertz CT molecular complexity index is 1690. The van der Waals surface area contributed by atoms with Crippen LogP contribution in [0, 0.1) is 18.3 Å². The number of Topliss-reactive ketones (excluding diaryl/α,β-unsaturated/α-hetero) is 1. The minimum atomic E-state index is -0.470. The number of benzene rings is 1. The lowest BCUT2D eigenvalue weighted by Gasteiger charge is -2.37. The van der Waals surface area contributed by atoms with Crippen LogP contribution in [0.5, 0.6) is 0 Å². The van der Waals surface area contributed by atoms with E-state index in [2.05, 4.69) is 26.6 Å². The number of thioether (sulfide) groups is 1. The number of nitriles is 1. The van der Waals surface area contributed by atoms with Crippen LogP contribution in [0.4, 0.5) is 10.3 Å². The molecule has 0 saturated carbocycles. The van der Waals surface area contributed by atoms with Crippen molar-refractivity contribution >= 4 is 77.9 Å². The second kappa shape index (κ2) is 10.5. The lowest BCUT2D eigenvalue weighted by molar-refractivity contribution is -0.116. The number of amides is 1. The zero-order valence-electron chi connectivity index (χ0n) is 20.6. The number of carbonyl (C=O) groups excluding carboxylic acids is 2. The van der Waals surface area contributed by atoms with Crippen LogP contribution >= 0.6 is 45.8 Å². The standard InChI is InChI=1S/C26H21N7O2S4/c1-13-9-10-36-22(13)20-14(11-27)23(28)33(16-6-4-7-17(34)21(16)20)25-31-32-26(39-25)37-12-19(35)30-24-29-15-5-2-3-8-18(15)38-24/h2-3,5,8-10,20H,4,6-7,12,28H2,1H3,(H,29,30,35). The average molecular weight is 592 g/mol. The first kappa shape index (κ1) is 25.7. The molecule has 196 valence electrons. The van der Waals surface area contributed by atoms with Crippen molar-refractivity contribution in [2.45, 2.75) is 36.4 Å². The normalized spacial score (nSPS) is 17.5. The van der Waals surface area contributed by atoms with Crippen molar-refractivity contribution in [3.05, 3.63) is 68.8 Å². The van der Waals surface area contributed by atoms with Crippen molar-refractivity contribution in [1.29, 1.82) is 5.26 Å². The van der Waals surface area contributed by atoms with Crippen LogP contribution in [0.25, 0.3) is 10.2 Å². The summed E-state index contributed by atoms with van der Waals surface area (Å²) in [6.07, 6.45) is 1.78. The summed E-state index contributed by atoms with van der Waals surface area (Å²) in [7, 11) is 0. The lowest BCUT2D eigenvalue weighted by Crippen LogP contribution is -2.38. The summed E-state index contributed by atoms with van der Waals surface area (Å²) in [4.78, 5) is 32.9. The molecule has 6 rings (SSSR count). The number of thiazole rings is 1. The molecule has 0 saturated heterocycles. The van der Waals surface area contributed by atoms with Gasteiger partial charge in [0.1, 0.15) is 5.82 Å². The van der Waals surface area contributed by atoms with Gasteiger partial charge >= 0.3 is 0 Å². The van der Waals surface area contributed by atoms with Crippen LogP contribution in [0.1, 0.15) is 35.6 Å². The van der Waals surface area contributed by atoms with Gasteiger partial charge < -0.3 is 11.1 Å². The predicted molar refractivity (Wildman–Crippen MR) is 156 cm³/mol. The summed E-state index contributed by atoms with van der Waals surface area (Å²) in [6, 6.07) is 12.0. The highest BCUT2D eigenvalue weighted by Gasteiger charge is 2.42. The molecule has 1 aliphatic carbocycles. The van der Waals surface area contributed by atoms with Crippen molar-refractivity contribution in [1.82, 2.24) is 15.2 Å². The summed E-state index contributed by atoms with van der Waals surface area (Å²) in [5.41, 5.74) is 10.2. The third-order valence-electron chi connectivity index (χ3n) is 6.53. The Morgan fingerprint density at radius 1 is 1.26 bits per heavy atom. The molecule has 3 aromatic heterocycles. The van der Waals surface area contributed by atoms with Crippen molar-refractivity contribution in [3.8, 4) is 6.07 Å². The van der Waals surface area contributed by atoms with Gasteiger partial charge in [0.2, 0.25) is 11.0 Å². The van der Waals surface area contributed by atoms with Gasteiger partial charge in [0.05, 0.1) is 33.5 Å². The molecule has 9 nitrogen and oxygen atoms in total. The van der Waals surface area contributed by atoms with E-state index < -0.39 is 5.92 Å². The largest absolute Gasteiger partial charge is 0.384 e. The van der Waals surface area contributed by atoms with E-state index in [1.54, 1.807) is 4.90 Å². The molecular weight excluding hydrogens is 571 g/mol. The number of carbonyl (C=O) groups is 2. The van der Waals surface area contributed by atoms with Crippen molar-refractivity contribution in [2.24, 2.45) is 5.73 Å². The van der Waals surface area contributed by atoms with Crippen molar-refractivity contribution in [3.63, 3.8) is 0 Å². The maximum absolute atomic E-state index is 13.2. The zero-order valence-corrected chi connectivity index (χ0v) is 23.9. The molecule has 2 aliphatic rings. The lowest BCUT2D eigenvalue weighted by atomic mass is 9.78. The summed E-state index contributed by atoms with van der Waals surface area (Å²) < 4.78 is 1.58. The van der Waals surface area contributed by atoms with E-state index in [9.17, 15) is 14.9 Å². The number of hydrogen-bond donors (Lipinski definition) is 2. The van der Waals surface area contributed by atoms with E-state index in [1.165, 1.54) is 45.8 Å². The van der Waals surface area contributed by atoms with E-state index in [4.69, 9.17) is 5.73 Å². The predicted octanol–water partition coefficient (Wildman–Crippen LogP) is 5.55. The number of rotatable bonds is 6. The Labute approximate surface area is 240 Å². The van der Waals surface area contributed by atoms with Gasteiger partial charge in [-0.1, -0.05) is 46.6 Å². The maximum atomic E-state index is 13.2. The molecule has 39 heavy (non-hydrogen) atoms. The number of thiophene rings is 1. The molecule has 1 aliphatic heterocycles. The quantitative estimate of drug-likeness (QED) is 0.276. The van der Waals surface area contributed by atoms with Crippen molar-refractivity contribution in [2.75, 3.05) is 16.0 Å². The number of allylic oxidation sites excluding steroid dienone is 3. The molecule has 1 atom stereocenters. The second-order valence-corrected chi connectivity index (χ2v) is 13.1. The summed E-state index contributed by atoms with van der Waals surface area (Å²) >= 11 is 5.48. The van der Waals surface area contributed by atoms with Gasteiger partial charge in [-0.15, -0.1) is 21.5 Å². The number of ketones is 1. The van der Waals surface area contributed by atoms with Crippen molar-refractivity contribution < 1.29 is 9.59 Å². The van der Waals surface area contributed by atoms with E-state index in [-0.39, 0.29) is 23.3 Å². The van der Waals surface area contributed by atoms with Crippen LogP contribution < -0.4 is 16.0 Å². The molecule has 4 heterocycles. The molecule has 0 radical (unpaired) electrons. The van der Waals surface area contributed by atoms with Crippen LogP contribution in [0.3, 0.4) is 0 Å². The number of aromatic nitrogens is 3. The Morgan fingerprint density at radius 3 is 2.87 bits per heavy atom. The number of anilines is 2. The molecule has 3 N–H and O–H groups in total. The molecule has 1 amide bonds. The molecule has 1 unspecified atom stereocenters. The van der Waals surface area contributed by atoms with Gasteiger partial charge in [-0.2, -0.15) is 5.26 Å². The Morgan fingerprint density at radius 2 is 2.10 bits per heavy atom. The Kier molecular flexibility index (Phi) is 6.94. The first-order chi connectivity index (χ1) is 18.9. The van der Waals surface area contributed by atoms with Crippen LogP contribution in [0.15, 0.2) is 62.7 Å². The zero-order chi connectivity index (χ0) is 27.1. The fraction of sp³-hybridized carbons (Fsp3) is 0.231. The van der Waals surface area contributed by atoms with Gasteiger partial charge in [-0.25, -0.2) is 4.98 Å². The van der Waals surface area contributed by atoms with E-state index in [0.29, 0.717) is 45.0 Å². The number of para-hydroxylation sites is 1. The first-order valence-corrected chi connectivity index (χ1v) is 15.6. The van der Waals surface area contributed by atoms with E-state index >= 15 is 0 Å². The van der Waals surface area contributed by atoms with Gasteiger partial charge in [0.25, 0.3) is 0 Å². The molecular formula is C26H21N7O2S4. The molecule has 0 fully saturated rings. The number of aryl methyl sites for hydroxylation is 1. The van der Waals surface area contributed by atoms with E-state index in [0.717, 1.165) is 26.4 Å². The average Bonchev–Trinajstić information content (AvgIpc) is 3.66. The highest BCUT2D eigenvalue weighted by Crippen LogP contribution is 2.48. The number of nitrogens with two attached hydrogens (primary N) is 1. The Balaban J connectivity index is 1.24. The maximum Gasteiger partial charge on any atom is 0.236 e. The van der Waals surface area contributed by atoms with Crippen LogP contribution in [-0.4, -0.2) is 32.6 Å². The van der Waals surface area contributed by atoms with Gasteiger partial charge in [-0.05, 0) is 48.9 Å². The molecule has 13 heteroatoms. The fourth-order valence-electron chi connectivity index (χ4n) is 4.81. The van der Waals surface area contributed by atoms with Crippen LogP contribution in [0.2, 0.25) is 0 Å². The highest BCUT2D eigenvalue weighted by atomic mass is 32.2. The number of fused-ring (bicyclic) bond motifs is 1. The third kappa shape index (κ3) is 4.74. The minimum Gasteiger partial charge on any atom is -0.384 e. The molecule has 0 spiro atoms. The smallest absolute Gasteiger partial charge is 0.236 e. The third-order valence-corrected chi connectivity index (χ3v) is 10.6. The van der Waals surface area contributed by atoms with Gasteiger partial charge in [0.15, 0.2) is 15.3 Å². The SMILES string of the molecule is Cc1ccsc1C1C(C#N)=C(N)N(c2nnc(SCC(=O)Nc3nc4ccccc4s3)s2)C2=C1C(=O)CCC2. The topological polar surface area (TPSA) is 138 Å².